The highest BCUT2D eigenvalue weighted by atomic mass is 16.5. The summed E-state index contributed by atoms with van der Waals surface area (Å²) in [5.74, 6) is 1.52. The van der Waals surface area contributed by atoms with Crippen molar-refractivity contribution in [1.29, 1.82) is 0 Å². The fourth-order valence-corrected chi connectivity index (χ4v) is 3.09. The number of rotatable bonds is 6. The van der Waals surface area contributed by atoms with Crippen LogP contribution in [0.25, 0.3) is 11.6 Å². The molecule has 0 aliphatic carbocycles. The third kappa shape index (κ3) is 3.25. The number of fused-ring (bicyclic) bond motifs is 1. The van der Waals surface area contributed by atoms with Crippen LogP contribution >= 0.6 is 0 Å². The Balaban J connectivity index is 2.07. The number of para-hydroxylation sites is 1. The number of likely N-dealkylation sites (N-methyl/N-ethyl adjacent to an activating group) is 1. The van der Waals surface area contributed by atoms with Gasteiger partial charge in [0.1, 0.15) is 11.5 Å². The normalized spacial score (nSPS) is 14.8. The molecule has 2 aromatic rings. The van der Waals surface area contributed by atoms with E-state index in [2.05, 4.69) is 0 Å². The first-order valence-electron chi connectivity index (χ1n) is 8.72. The molecule has 2 aromatic carbocycles. The summed E-state index contributed by atoms with van der Waals surface area (Å²) in [6.45, 7) is 7.68. The van der Waals surface area contributed by atoms with Crippen LogP contribution in [0.15, 0.2) is 42.5 Å². The van der Waals surface area contributed by atoms with Crippen LogP contribution < -0.4 is 14.4 Å². The molecule has 1 heterocycles. The second-order valence-electron chi connectivity index (χ2n) is 5.69. The summed E-state index contributed by atoms with van der Waals surface area (Å²) >= 11 is 0. The second kappa shape index (κ2) is 7.43. The number of anilines is 1. The maximum Gasteiger partial charge on any atom is 0.258 e. The molecule has 0 saturated heterocycles. The molecule has 0 atom stereocenters. The maximum atomic E-state index is 12.8. The molecule has 0 spiro atoms. The van der Waals surface area contributed by atoms with Crippen molar-refractivity contribution in [3.05, 3.63) is 53.6 Å². The Kier molecular flexibility index (Phi) is 5.08. The van der Waals surface area contributed by atoms with Gasteiger partial charge in [0.05, 0.1) is 18.9 Å². The number of carbonyl (C=O) groups excluding carboxylic acids is 1. The van der Waals surface area contributed by atoms with Crippen molar-refractivity contribution in [1.82, 2.24) is 0 Å². The van der Waals surface area contributed by atoms with Crippen molar-refractivity contribution in [2.24, 2.45) is 0 Å². The fourth-order valence-electron chi connectivity index (χ4n) is 3.09. The topological polar surface area (TPSA) is 38.8 Å². The summed E-state index contributed by atoms with van der Waals surface area (Å²) in [4.78, 5) is 14.6. The maximum absolute atomic E-state index is 12.8. The van der Waals surface area contributed by atoms with E-state index in [0.29, 0.717) is 25.3 Å². The predicted molar refractivity (Wildman–Crippen MR) is 101 cm³/mol. The highest BCUT2D eigenvalue weighted by Crippen LogP contribution is 2.38. The van der Waals surface area contributed by atoms with E-state index in [9.17, 15) is 4.79 Å². The van der Waals surface area contributed by atoms with Gasteiger partial charge in [-0.15, -0.1) is 0 Å². The Morgan fingerprint density at radius 1 is 1.00 bits per heavy atom. The summed E-state index contributed by atoms with van der Waals surface area (Å²) in [7, 11) is 0. The van der Waals surface area contributed by atoms with E-state index < -0.39 is 0 Å². The minimum Gasteiger partial charge on any atom is -0.494 e. The lowest BCUT2D eigenvalue weighted by atomic mass is 10.0. The molecular weight excluding hydrogens is 314 g/mol. The van der Waals surface area contributed by atoms with E-state index >= 15 is 0 Å². The lowest BCUT2D eigenvalue weighted by Crippen LogP contribution is -2.25. The van der Waals surface area contributed by atoms with Gasteiger partial charge in [0.15, 0.2) is 0 Å². The summed E-state index contributed by atoms with van der Waals surface area (Å²) in [6, 6.07) is 13.6. The summed E-state index contributed by atoms with van der Waals surface area (Å²) in [5, 5.41) is 0. The molecule has 0 unspecified atom stereocenters. The number of amides is 1. The summed E-state index contributed by atoms with van der Waals surface area (Å²) in [5.41, 5.74) is 3.50. The summed E-state index contributed by atoms with van der Waals surface area (Å²) in [6.07, 6.45) is 1.91. The molecule has 0 aromatic heterocycles. The van der Waals surface area contributed by atoms with Crippen LogP contribution in [0.5, 0.6) is 11.5 Å². The number of carbonyl (C=O) groups is 1. The molecule has 0 saturated carbocycles. The molecule has 0 bridgehead atoms. The largest absolute Gasteiger partial charge is 0.494 e. The third-order valence-corrected chi connectivity index (χ3v) is 4.17. The van der Waals surface area contributed by atoms with Crippen LogP contribution in [-0.4, -0.2) is 25.7 Å². The van der Waals surface area contributed by atoms with Crippen LogP contribution in [0, 0.1) is 0 Å². The van der Waals surface area contributed by atoms with E-state index in [4.69, 9.17) is 9.47 Å². The van der Waals surface area contributed by atoms with Crippen molar-refractivity contribution >= 4 is 23.2 Å². The zero-order valence-corrected chi connectivity index (χ0v) is 14.9. The number of ether oxygens (including phenoxy) is 2. The van der Waals surface area contributed by atoms with Crippen molar-refractivity contribution in [2.75, 3.05) is 24.7 Å². The first-order valence-corrected chi connectivity index (χ1v) is 8.72. The Bertz CT molecular complexity index is 811. The number of nitrogens with zero attached hydrogens (tertiary/aromatic N) is 1. The first-order chi connectivity index (χ1) is 12.2. The first kappa shape index (κ1) is 17.1. The standard InChI is InChI=1S/C21H23NO3/c1-4-22-19-10-8-7-9-17(19)18(21(22)23)13-15-11-12-16(24-5-2)14-20(15)25-6-3/h7-14H,4-6H2,1-3H3/b18-13-. The van der Waals surface area contributed by atoms with E-state index in [-0.39, 0.29) is 5.91 Å². The number of benzene rings is 2. The van der Waals surface area contributed by atoms with Gasteiger partial charge in [0, 0.05) is 29.3 Å². The lowest BCUT2D eigenvalue weighted by Gasteiger charge is -2.13. The van der Waals surface area contributed by atoms with Crippen LogP contribution in [0.2, 0.25) is 0 Å². The molecule has 4 nitrogen and oxygen atoms in total. The second-order valence-corrected chi connectivity index (χ2v) is 5.69. The average Bonchev–Trinajstić information content (AvgIpc) is 2.89. The van der Waals surface area contributed by atoms with Crippen LogP contribution in [0.3, 0.4) is 0 Å². The smallest absolute Gasteiger partial charge is 0.258 e. The Morgan fingerprint density at radius 2 is 1.76 bits per heavy atom. The molecule has 1 amide bonds. The number of hydrogen-bond donors (Lipinski definition) is 0. The van der Waals surface area contributed by atoms with Crippen LogP contribution in [0.4, 0.5) is 5.69 Å². The number of hydrogen-bond acceptors (Lipinski definition) is 3. The van der Waals surface area contributed by atoms with Gasteiger partial charge in [0.2, 0.25) is 0 Å². The van der Waals surface area contributed by atoms with Gasteiger partial charge in [-0.1, -0.05) is 18.2 Å². The Hall–Kier alpha value is -2.75. The SMILES string of the molecule is CCOc1ccc(/C=C2\C(=O)N(CC)c3ccccc32)c(OCC)c1. The van der Waals surface area contributed by atoms with E-state index in [1.54, 1.807) is 4.90 Å². The molecule has 0 N–H and O–H groups in total. The van der Waals surface area contributed by atoms with Crippen LogP contribution in [0.1, 0.15) is 31.9 Å². The molecule has 25 heavy (non-hydrogen) atoms. The van der Waals surface area contributed by atoms with E-state index in [0.717, 1.165) is 28.3 Å². The van der Waals surface area contributed by atoms with Gasteiger partial charge in [-0.05, 0) is 45.0 Å². The minimum absolute atomic E-state index is 0.0278. The molecule has 130 valence electrons. The van der Waals surface area contributed by atoms with E-state index in [1.807, 2.05) is 69.3 Å². The third-order valence-electron chi connectivity index (χ3n) is 4.17. The van der Waals surface area contributed by atoms with Gasteiger partial charge in [-0.25, -0.2) is 0 Å². The summed E-state index contributed by atoms with van der Waals surface area (Å²) < 4.78 is 11.3. The van der Waals surface area contributed by atoms with Gasteiger partial charge < -0.3 is 14.4 Å². The highest BCUT2D eigenvalue weighted by Gasteiger charge is 2.30. The van der Waals surface area contributed by atoms with Gasteiger partial charge in [-0.2, -0.15) is 0 Å². The molecule has 1 aliphatic heterocycles. The Labute approximate surface area is 148 Å². The molecular formula is C21H23NO3. The van der Waals surface area contributed by atoms with Crippen molar-refractivity contribution in [3.8, 4) is 11.5 Å². The average molecular weight is 337 g/mol. The monoisotopic (exact) mass is 337 g/mol. The van der Waals surface area contributed by atoms with Crippen molar-refractivity contribution < 1.29 is 14.3 Å². The molecule has 1 aliphatic rings. The fraction of sp³-hybridized carbons (Fsp3) is 0.286. The predicted octanol–water partition coefficient (Wildman–Crippen LogP) is 4.39. The molecule has 4 heteroatoms. The molecule has 0 radical (unpaired) electrons. The van der Waals surface area contributed by atoms with Crippen LogP contribution in [-0.2, 0) is 4.79 Å². The van der Waals surface area contributed by atoms with Crippen molar-refractivity contribution in [3.63, 3.8) is 0 Å². The zero-order chi connectivity index (χ0) is 17.8. The van der Waals surface area contributed by atoms with Gasteiger partial charge in [0.25, 0.3) is 5.91 Å². The zero-order valence-electron chi connectivity index (χ0n) is 14.9. The molecule has 0 fully saturated rings. The lowest BCUT2D eigenvalue weighted by molar-refractivity contribution is -0.112. The minimum atomic E-state index is 0.0278. The van der Waals surface area contributed by atoms with Gasteiger partial charge in [-0.3, -0.25) is 4.79 Å². The highest BCUT2D eigenvalue weighted by molar-refractivity contribution is 6.35. The molecule has 3 rings (SSSR count). The Morgan fingerprint density at radius 3 is 2.48 bits per heavy atom. The quantitative estimate of drug-likeness (QED) is 0.734. The van der Waals surface area contributed by atoms with Crippen molar-refractivity contribution in [2.45, 2.75) is 20.8 Å². The van der Waals surface area contributed by atoms with E-state index in [1.165, 1.54) is 0 Å². The van der Waals surface area contributed by atoms with Gasteiger partial charge >= 0.3 is 0 Å².